The normalized spacial score (nSPS) is 11.9. The lowest BCUT2D eigenvalue weighted by Crippen LogP contribution is -2.30. The fourth-order valence-electron chi connectivity index (χ4n) is 2.19. The standard InChI is InChI=1S/C17H21NO2/c1-13(11-14-7-9-16(19)10-8-14)18(2)15-5-4-6-17(12-15)20-3/h4-10,12-13,19H,11H2,1-3H3. The van der Waals surface area contributed by atoms with Crippen LogP contribution in [0.1, 0.15) is 12.5 Å². The minimum atomic E-state index is 0.308. The molecule has 0 fully saturated rings. The summed E-state index contributed by atoms with van der Waals surface area (Å²) < 4.78 is 5.26. The monoisotopic (exact) mass is 271 g/mol. The van der Waals surface area contributed by atoms with Crippen molar-refractivity contribution >= 4 is 5.69 Å². The fourth-order valence-corrected chi connectivity index (χ4v) is 2.19. The van der Waals surface area contributed by atoms with Crippen molar-refractivity contribution in [2.75, 3.05) is 19.1 Å². The molecule has 3 heteroatoms. The molecule has 106 valence electrons. The molecule has 1 N–H and O–H groups in total. The first-order valence-corrected chi connectivity index (χ1v) is 6.75. The quantitative estimate of drug-likeness (QED) is 0.904. The minimum Gasteiger partial charge on any atom is -0.508 e. The van der Waals surface area contributed by atoms with Crippen molar-refractivity contribution < 1.29 is 9.84 Å². The summed E-state index contributed by atoms with van der Waals surface area (Å²) >= 11 is 0. The second-order valence-corrected chi connectivity index (χ2v) is 5.03. The number of likely N-dealkylation sites (N-methyl/N-ethyl adjacent to an activating group) is 1. The second-order valence-electron chi connectivity index (χ2n) is 5.03. The van der Waals surface area contributed by atoms with E-state index >= 15 is 0 Å². The van der Waals surface area contributed by atoms with Gasteiger partial charge in [-0.2, -0.15) is 0 Å². The number of benzene rings is 2. The average molecular weight is 271 g/mol. The summed E-state index contributed by atoms with van der Waals surface area (Å²) in [6, 6.07) is 15.8. The Labute approximate surface area is 120 Å². The van der Waals surface area contributed by atoms with Gasteiger partial charge in [-0.05, 0) is 43.2 Å². The van der Waals surface area contributed by atoms with Gasteiger partial charge in [0, 0.05) is 24.8 Å². The van der Waals surface area contributed by atoms with E-state index in [1.165, 1.54) is 5.56 Å². The number of phenolic OH excluding ortho intramolecular Hbond substituents is 1. The molecule has 0 spiro atoms. The summed E-state index contributed by atoms with van der Waals surface area (Å²) in [5, 5.41) is 9.31. The summed E-state index contributed by atoms with van der Waals surface area (Å²) in [4.78, 5) is 2.23. The number of hydrogen-bond acceptors (Lipinski definition) is 3. The molecule has 2 rings (SSSR count). The van der Waals surface area contributed by atoms with Crippen LogP contribution in [0.25, 0.3) is 0 Å². The van der Waals surface area contributed by atoms with Crippen LogP contribution in [0.4, 0.5) is 5.69 Å². The highest BCUT2D eigenvalue weighted by Crippen LogP contribution is 2.23. The summed E-state index contributed by atoms with van der Waals surface area (Å²) in [7, 11) is 3.76. The van der Waals surface area contributed by atoms with Crippen molar-refractivity contribution in [1.82, 2.24) is 0 Å². The number of aromatic hydroxyl groups is 1. The van der Waals surface area contributed by atoms with Gasteiger partial charge in [0.15, 0.2) is 0 Å². The molecule has 0 aliphatic carbocycles. The Hall–Kier alpha value is -2.16. The summed E-state index contributed by atoms with van der Waals surface area (Å²) in [5.74, 6) is 1.17. The van der Waals surface area contributed by atoms with Crippen molar-refractivity contribution in [2.45, 2.75) is 19.4 Å². The Balaban J connectivity index is 2.07. The first-order valence-electron chi connectivity index (χ1n) is 6.75. The van der Waals surface area contributed by atoms with Gasteiger partial charge in [-0.3, -0.25) is 0 Å². The fraction of sp³-hybridized carbons (Fsp3) is 0.294. The third-order valence-electron chi connectivity index (χ3n) is 3.59. The Morgan fingerprint density at radius 1 is 1.15 bits per heavy atom. The number of phenols is 1. The molecule has 0 radical (unpaired) electrons. The topological polar surface area (TPSA) is 32.7 Å². The zero-order chi connectivity index (χ0) is 14.5. The number of ether oxygens (including phenoxy) is 1. The molecular formula is C17H21NO2. The molecule has 0 saturated heterocycles. The first-order chi connectivity index (χ1) is 9.60. The summed E-state index contributed by atoms with van der Waals surface area (Å²) in [6.07, 6.45) is 0.925. The van der Waals surface area contributed by atoms with E-state index < -0.39 is 0 Å². The van der Waals surface area contributed by atoms with Crippen molar-refractivity contribution in [1.29, 1.82) is 0 Å². The third-order valence-corrected chi connectivity index (χ3v) is 3.59. The molecule has 0 bridgehead atoms. The van der Waals surface area contributed by atoms with Gasteiger partial charge in [0.2, 0.25) is 0 Å². The molecule has 1 atom stereocenters. The molecule has 20 heavy (non-hydrogen) atoms. The van der Waals surface area contributed by atoms with Crippen LogP contribution in [0.3, 0.4) is 0 Å². The molecule has 0 aliphatic rings. The average Bonchev–Trinajstić information content (AvgIpc) is 2.48. The van der Waals surface area contributed by atoms with Crippen LogP contribution in [-0.2, 0) is 6.42 Å². The molecule has 3 nitrogen and oxygen atoms in total. The zero-order valence-corrected chi connectivity index (χ0v) is 12.2. The van der Waals surface area contributed by atoms with Crippen molar-refractivity contribution in [3.05, 3.63) is 54.1 Å². The number of rotatable bonds is 5. The minimum absolute atomic E-state index is 0.308. The van der Waals surface area contributed by atoms with Crippen LogP contribution in [0.2, 0.25) is 0 Å². The molecular weight excluding hydrogens is 250 g/mol. The highest BCUT2D eigenvalue weighted by atomic mass is 16.5. The van der Waals surface area contributed by atoms with Crippen LogP contribution in [0.5, 0.6) is 11.5 Å². The van der Waals surface area contributed by atoms with Crippen molar-refractivity contribution in [2.24, 2.45) is 0 Å². The maximum atomic E-state index is 9.31. The van der Waals surface area contributed by atoms with E-state index in [-0.39, 0.29) is 0 Å². The lowest BCUT2D eigenvalue weighted by Gasteiger charge is -2.27. The number of nitrogens with zero attached hydrogens (tertiary/aromatic N) is 1. The summed E-state index contributed by atoms with van der Waals surface area (Å²) in [6.45, 7) is 2.19. The second kappa shape index (κ2) is 6.33. The molecule has 2 aromatic carbocycles. The Bertz CT molecular complexity index is 551. The third kappa shape index (κ3) is 3.44. The van der Waals surface area contributed by atoms with E-state index in [2.05, 4.69) is 24.9 Å². The van der Waals surface area contributed by atoms with Crippen LogP contribution < -0.4 is 9.64 Å². The van der Waals surface area contributed by atoms with Crippen LogP contribution >= 0.6 is 0 Å². The lowest BCUT2D eigenvalue weighted by atomic mass is 10.1. The molecule has 1 unspecified atom stereocenters. The predicted molar refractivity (Wildman–Crippen MR) is 82.7 cm³/mol. The van der Waals surface area contributed by atoms with E-state index in [1.807, 2.05) is 30.3 Å². The largest absolute Gasteiger partial charge is 0.508 e. The van der Waals surface area contributed by atoms with Crippen molar-refractivity contribution in [3.8, 4) is 11.5 Å². The maximum Gasteiger partial charge on any atom is 0.120 e. The van der Waals surface area contributed by atoms with E-state index in [0.29, 0.717) is 11.8 Å². The van der Waals surface area contributed by atoms with Crippen LogP contribution in [-0.4, -0.2) is 25.3 Å². The SMILES string of the molecule is COc1cccc(N(C)C(C)Cc2ccc(O)cc2)c1. The van der Waals surface area contributed by atoms with Gasteiger partial charge in [-0.15, -0.1) is 0 Å². The van der Waals surface area contributed by atoms with Gasteiger partial charge in [-0.25, -0.2) is 0 Å². The van der Waals surface area contributed by atoms with Crippen molar-refractivity contribution in [3.63, 3.8) is 0 Å². The maximum absolute atomic E-state index is 9.31. The van der Waals surface area contributed by atoms with Gasteiger partial charge in [-0.1, -0.05) is 18.2 Å². The van der Waals surface area contributed by atoms with Gasteiger partial charge >= 0.3 is 0 Å². The number of methoxy groups -OCH3 is 1. The van der Waals surface area contributed by atoms with Gasteiger partial charge in [0.05, 0.1) is 7.11 Å². The Morgan fingerprint density at radius 3 is 2.50 bits per heavy atom. The molecule has 0 heterocycles. The van der Waals surface area contributed by atoms with E-state index in [9.17, 15) is 5.11 Å². The molecule has 0 aromatic heterocycles. The lowest BCUT2D eigenvalue weighted by molar-refractivity contribution is 0.414. The summed E-state index contributed by atoms with van der Waals surface area (Å²) in [5.41, 5.74) is 2.35. The van der Waals surface area contributed by atoms with E-state index in [0.717, 1.165) is 17.9 Å². The van der Waals surface area contributed by atoms with E-state index in [1.54, 1.807) is 19.2 Å². The smallest absolute Gasteiger partial charge is 0.120 e. The predicted octanol–water partition coefficient (Wildman–Crippen LogP) is 3.47. The van der Waals surface area contributed by atoms with Gasteiger partial charge < -0.3 is 14.7 Å². The van der Waals surface area contributed by atoms with Crippen LogP contribution in [0, 0.1) is 0 Å². The van der Waals surface area contributed by atoms with E-state index in [4.69, 9.17) is 4.74 Å². The highest BCUT2D eigenvalue weighted by molar-refractivity contribution is 5.51. The first kappa shape index (κ1) is 14.3. The highest BCUT2D eigenvalue weighted by Gasteiger charge is 2.11. The number of anilines is 1. The molecule has 0 amide bonds. The van der Waals surface area contributed by atoms with Crippen LogP contribution in [0.15, 0.2) is 48.5 Å². The Morgan fingerprint density at radius 2 is 1.85 bits per heavy atom. The molecule has 2 aromatic rings. The Kier molecular flexibility index (Phi) is 4.51. The molecule has 0 aliphatic heterocycles. The molecule has 0 saturated carbocycles. The van der Waals surface area contributed by atoms with Gasteiger partial charge in [0.1, 0.15) is 11.5 Å². The van der Waals surface area contributed by atoms with Gasteiger partial charge in [0.25, 0.3) is 0 Å². The zero-order valence-electron chi connectivity index (χ0n) is 12.2. The number of hydrogen-bond donors (Lipinski definition) is 1.